The Bertz CT molecular complexity index is 500. The number of benzene rings is 2. The maximum Gasteiger partial charge on any atom is 0.127 e. The van der Waals surface area contributed by atoms with Crippen LogP contribution in [0.1, 0.15) is 37.3 Å². The molecule has 0 amide bonds. The van der Waals surface area contributed by atoms with Crippen molar-refractivity contribution in [2.75, 3.05) is 0 Å². The molecule has 2 aromatic rings. The Kier molecular flexibility index (Phi) is 7.74. The lowest BCUT2D eigenvalue weighted by molar-refractivity contribution is -0.109. The molecule has 2 rings (SSSR count). The SMILES string of the molecule is C/C=C\c1ccccc1.CC[C@H](C=O)c1ccccc1. The van der Waals surface area contributed by atoms with Crippen LogP contribution >= 0.6 is 0 Å². The molecule has 0 spiro atoms. The first-order valence-corrected chi connectivity index (χ1v) is 6.99. The van der Waals surface area contributed by atoms with E-state index in [4.69, 9.17) is 0 Å². The second kappa shape index (κ2) is 9.74. The molecular weight excluding hydrogens is 244 g/mol. The van der Waals surface area contributed by atoms with Crippen LogP contribution in [0, 0.1) is 0 Å². The first-order valence-electron chi connectivity index (χ1n) is 6.99. The van der Waals surface area contributed by atoms with Crippen molar-refractivity contribution in [2.45, 2.75) is 26.2 Å². The highest BCUT2D eigenvalue weighted by atomic mass is 16.1. The molecule has 0 aromatic heterocycles. The van der Waals surface area contributed by atoms with E-state index >= 15 is 0 Å². The molecule has 0 N–H and O–H groups in total. The first-order chi connectivity index (χ1) is 9.81. The lowest BCUT2D eigenvalue weighted by atomic mass is 9.98. The van der Waals surface area contributed by atoms with Gasteiger partial charge in [0.25, 0.3) is 0 Å². The predicted molar refractivity (Wildman–Crippen MR) is 86.7 cm³/mol. The molecule has 0 radical (unpaired) electrons. The standard InChI is InChI=1S/C10H12O.C9H10/c1-2-9(8-11)10-6-4-3-5-7-10;1-2-6-9-7-4-3-5-8-9/h3-9H,2H2,1H3;2-8H,1H3/b;6-2-/t9-;/m1./s1. The summed E-state index contributed by atoms with van der Waals surface area (Å²) in [5, 5.41) is 0. The summed E-state index contributed by atoms with van der Waals surface area (Å²) in [6, 6.07) is 20.1. The maximum absolute atomic E-state index is 10.5. The fourth-order valence-electron chi connectivity index (χ4n) is 1.87. The molecule has 0 aliphatic heterocycles. The van der Waals surface area contributed by atoms with Crippen molar-refractivity contribution < 1.29 is 4.79 Å². The van der Waals surface area contributed by atoms with Gasteiger partial charge < -0.3 is 4.79 Å². The van der Waals surface area contributed by atoms with Crippen LogP contribution in [-0.4, -0.2) is 6.29 Å². The molecule has 104 valence electrons. The molecule has 1 heteroatoms. The zero-order valence-electron chi connectivity index (χ0n) is 12.2. The Morgan fingerprint density at radius 2 is 1.50 bits per heavy atom. The second-order valence-corrected chi connectivity index (χ2v) is 4.47. The van der Waals surface area contributed by atoms with E-state index in [1.807, 2.05) is 68.5 Å². The van der Waals surface area contributed by atoms with Gasteiger partial charge in [-0.25, -0.2) is 0 Å². The van der Waals surface area contributed by atoms with Gasteiger partial charge in [-0.15, -0.1) is 0 Å². The van der Waals surface area contributed by atoms with Gasteiger partial charge in [-0.3, -0.25) is 0 Å². The molecule has 0 bridgehead atoms. The van der Waals surface area contributed by atoms with Crippen LogP contribution in [0.3, 0.4) is 0 Å². The number of allylic oxidation sites excluding steroid dienone is 1. The lowest BCUT2D eigenvalue weighted by Gasteiger charge is -2.05. The lowest BCUT2D eigenvalue weighted by Crippen LogP contribution is -1.96. The summed E-state index contributed by atoms with van der Waals surface area (Å²) >= 11 is 0. The normalized spacial score (nSPS) is 11.5. The highest BCUT2D eigenvalue weighted by Gasteiger charge is 2.04. The van der Waals surface area contributed by atoms with Gasteiger partial charge in [0.15, 0.2) is 0 Å². The van der Waals surface area contributed by atoms with E-state index in [0.717, 1.165) is 18.3 Å². The molecule has 1 nitrogen and oxygen atoms in total. The molecule has 2 aromatic carbocycles. The molecule has 0 heterocycles. The molecular formula is C19H22O. The minimum atomic E-state index is 0.0798. The van der Waals surface area contributed by atoms with E-state index in [0.29, 0.717) is 0 Å². The minimum Gasteiger partial charge on any atom is -0.303 e. The van der Waals surface area contributed by atoms with Crippen molar-refractivity contribution in [2.24, 2.45) is 0 Å². The van der Waals surface area contributed by atoms with Gasteiger partial charge in [0.05, 0.1) is 0 Å². The number of carbonyl (C=O) groups is 1. The van der Waals surface area contributed by atoms with Gasteiger partial charge in [0, 0.05) is 5.92 Å². The Morgan fingerprint density at radius 1 is 0.950 bits per heavy atom. The second-order valence-electron chi connectivity index (χ2n) is 4.47. The molecule has 0 unspecified atom stereocenters. The van der Waals surface area contributed by atoms with Crippen molar-refractivity contribution in [3.63, 3.8) is 0 Å². The Balaban J connectivity index is 0.000000204. The van der Waals surface area contributed by atoms with Gasteiger partial charge in [-0.2, -0.15) is 0 Å². The summed E-state index contributed by atoms with van der Waals surface area (Å²) in [7, 11) is 0. The van der Waals surface area contributed by atoms with E-state index < -0.39 is 0 Å². The maximum atomic E-state index is 10.5. The number of rotatable bonds is 4. The molecule has 0 aliphatic rings. The average molecular weight is 266 g/mol. The molecule has 0 fully saturated rings. The third-order valence-electron chi connectivity index (χ3n) is 2.99. The summed E-state index contributed by atoms with van der Waals surface area (Å²) < 4.78 is 0. The number of carbonyl (C=O) groups excluding carboxylic acids is 1. The third kappa shape index (κ3) is 5.66. The van der Waals surface area contributed by atoms with Crippen molar-refractivity contribution in [1.29, 1.82) is 0 Å². The monoisotopic (exact) mass is 266 g/mol. The van der Waals surface area contributed by atoms with E-state index in [-0.39, 0.29) is 5.92 Å². The number of aldehydes is 1. The average Bonchev–Trinajstić information content (AvgIpc) is 2.52. The number of hydrogen-bond acceptors (Lipinski definition) is 1. The summed E-state index contributed by atoms with van der Waals surface area (Å²) in [5.74, 6) is 0.0798. The number of hydrogen-bond donors (Lipinski definition) is 0. The van der Waals surface area contributed by atoms with E-state index in [9.17, 15) is 4.79 Å². The topological polar surface area (TPSA) is 17.1 Å². The largest absolute Gasteiger partial charge is 0.303 e. The third-order valence-corrected chi connectivity index (χ3v) is 2.99. The van der Waals surface area contributed by atoms with Gasteiger partial charge in [-0.05, 0) is 24.5 Å². The Hall–Kier alpha value is -2.15. The van der Waals surface area contributed by atoms with Gasteiger partial charge in [-0.1, -0.05) is 79.7 Å². The molecule has 0 saturated heterocycles. The highest BCUT2D eigenvalue weighted by molar-refractivity contribution is 5.61. The first kappa shape index (κ1) is 15.9. The molecule has 0 aliphatic carbocycles. The summed E-state index contributed by atoms with van der Waals surface area (Å²) in [6.45, 7) is 4.04. The van der Waals surface area contributed by atoms with Crippen LogP contribution in [0.25, 0.3) is 6.08 Å². The van der Waals surface area contributed by atoms with E-state index in [1.54, 1.807) is 0 Å². The zero-order chi connectivity index (χ0) is 14.6. The van der Waals surface area contributed by atoms with Crippen LogP contribution in [0.15, 0.2) is 66.7 Å². The van der Waals surface area contributed by atoms with Crippen LogP contribution in [0.5, 0.6) is 0 Å². The summed E-state index contributed by atoms with van der Waals surface area (Å²) in [6.07, 6.45) is 6.01. The van der Waals surface area contributed by atoms with Gasteiger partial charge in [0.1, 0.15) is 6.29 Å². The fraction of sp³-hybridized carbons (Fsp3) is 0.211. The molecule has 0 saturated carbocycles. The van der Waals surface area contributed by atoms with E-state index in [1.165, 1.54) is 5.56 Å². The Labute approximate surface area is 122 Å². The molecule has 20 heavy (non-hydrogen) atoms. The summed E-state index contributed by atoms with van der Waals surface area (Å²) in [5.41, 5.74) is 2.38. The van der Waals surface area contributed by atoms with Gasteiger partial charge >= 0.3 is 0 Å². The minimum absolute atomic E-state index is 0.0798. The van der Waals surface area contributed by atoms with Gasteiger partial charge in [0.2, 0.25) is 0 Å². The van der Waals surface area contributed by atoms with Crippen molar-refractivity contribution in [3.05, 3.63) is 77.9 Å². The summed E-state index contributed by atoms with van der Waals surface area (Å²) in [4.78, 5) is 10.5. The molecule has 1 atom stereocenters. The highest BCUT2D eigenvalue weighted by Crippen LogP contribution is 2.15. The Morgan fingerprint density at radius 3 is 1.95 bits per heavy atom. The van der Waals surface area contributed by atoms with Crippen molar-refractivity contribution >= 4 is 12.4 Å². The van der Waals surface area contributed by atoms with Crippen molar-refractivity contribution in [3.8, 4) is 0 Å². The van der Waals surface area contributed by atoms with Crippen molar-refractivity contribution in [1.82, 2.24) is 0 Å². The van der Waals surface area contributed by atoms with E-state index in [2.05, 4.69) is 18.2 Å². The van der Waals surface area contributed by atoms with Crippen LogP contribution in [-0.2, 0) is 4.79 Å². The van der Waals surface area contributed by atoms with Crippen LogP contribution in [0.4, 0.5) is 0 Å². The smallest absolute Gasteiger partial charge is 0.127 e. The van der Waals surface area contributed by atoms with Crippen LogP contribution < -0.4 is 0 Å². The zero-order valence-corrected chi connectivity index (χ0v) is 12.2. The fourth-order valence-corrected chi connectivity index (χ4v) is 1.87. The predicted octanol–water partition coefficient (Wildman–Crippen LogP) is 5.10. The van der Waals surface area contributed by atoms with Crippen LogP contribution in [0.2, 0.25) is 0 Å². The quantitative estimate of drug-likeness (QED) is 0.704.